The van der Waals surface area contributed by atoms with Crippen molar-refractivity contribution in [3.05, 3.63) is 117 Å². The van der Waals surface area contributed by atoms with Crippen LogP contribution in [0, 0.1) is 5.92 Å². The highest BCUT2D eigenvalue weighted by atomic mass is 35.5. The molecule has 18 atom stereocenters. The van der Waals surface area contributed by atoms with E-state index in [1.165, 1.54) is 39.1 Å². The number of aliphatic hydroxyl groups is 6. The maximum atomic E-state index is 16.2. The number of fused-ring (bicyclic) bond motifs is 15. The van der Waals surface area contributed by atoms with Crippen molar-refractivity contribution in [3.8, 4) is 57.1 Å². The Kier molecular flexibility index (Phi) is 25.4. The van der Waals surface area contributed by atoms with E-state index >= 15 is 19.2 Å². The second kappa shape index (κ2) is 33.9. The Morgan fingerprint density at radius 3 is 1.94 bits per heavy atom. The predicted molar refractivity (Wildman–Crippen MR) is 377 cm³/mol. The van der Waals surface area contributed by atoms with E-state index in [2.05, 4.69) is 47.9 Å². The lowest BCUT2D eigenvalue weighted by Gasteiger charge is -2.47. The standard InChI is InChI=1S/C70H86Cl2N12O23/c1-27(2)16-38(76-5)62(95)83-53-55(90)30-7-10-42(36(71)18-30)103-44-20-32-21-45(59(44)107-69-60(58(93)57(92)46(26-85)105-69)106-48-25-70(4,75)61(94)28(3)102-48)104-43-11-8-31(19-37(43)72)56(91)54-68(101)82-52(64(97)78-15-14-77-13-12-73)35-22-33(86)23-41(88)49(35)34-17-29(6-9-40(34)87)50(65(98)84-54)81-66(99)51(32)80-63(96)39(24-47(74)89)79-67(53)100/h6-11,17-23,27-28,38-39,46,48,50-58,60-61,69,76-77,85-88,90-94H,12-16,24-26,73,75H2,1-5H3,(H2,74,89)(H,78,97)(H,79,100)(H,80,96)(H,81,99)(H,82,101)(H,83,95)(H,84,98)/t28-,38+,39-,46+,48-,50+,51+,52-,53+,54-,55+,56+,57+,58-,60+,61+,69-,70-/m0/s1. The van der Waals surface area contributed by atoms with Gasteiger partial charge in [0.1, 0.15) is 95.5 Å². The molecule has 35 nitrogen and oxygen atoms in total. The molecule has 37 heteroatoms. The number of ether oxygens (including phenoxy) is 6. The Morgan fingerprint density at radius 2 is 1.34 bits per heavy atom. The number of aromatic hydroxyl groups is 3. The Morgan fingerprint density at radius 1 is 0.710 bits per heavy atom. The number of carbonyl (C=O) groups excluding carboxylic acids is 8. The average molecular weight is 1530 g/mol. The van der Waals surface area contributed by atoms with Gasteiger partial charge in [0.15, 0.2) is 23.9 Å². The molecule has 578 valence electrons. The van der Waals surface area contributed by atoms with Gasteiger partial charge in [-0.15, -0.1) is 0 Å². The summed E-state index contributed by atoms with van der Waals surface area (Å²) in [4.78, 5) is 119. The van der Waals surface area contributed by atoms with Gasteiger partial charge in [-0.25, -0.2) is 0 Å². The number of hydrogen-bond donors (Lipinski definition) is 21. The lowest BCUT2D eigenvalue weighted by atomic mass is 9.86. The number of carbonyl (C=O) groups is 8. The number of amides is 8. The highest BCUT2D eigenvalue weighted by Crippen LogP contribution is 2.50. The molecular formula is C70H86Cl2N12O23. The molecular weight excluding hydrogens is 1450 g/mol. The van der Waals surface area contributed by atoms with Crippen LogP contribution < -0.4 is 79.3 Å². The van der Waals surface area contributed by atoms with Gasteiger partial charge in [-0.1, -0.05) is 55.2 Å². The van der Waals surface area contributed by atoms with Gasteiger partial charge in [0.2, 0.25) is 59.3 Å². The summed E-state index contributed by atoms with van der Waals surface area (Å²) in [5.41, 5.74) is 14.2. The van der Waals surface area contributed by atoms with E-state index in [1.54, 1.807) is 0 Å². The second-order valence-corrected chi connectivity index (χ2v) is 28.0. The molecule has 0 saturated carbocycles. The summed E-state index contributed by atoms with van der Waals surface area (Å²) >= 11 is 14.2. The SMILES string of the molecule is CN[C@H](CC(C)C)C(=O)N[C@H]1C(=O)N[C@@H](CC(N)=O)C(=O)N[C@H]2C(=O)N[C@H]3C(=O)N[C@H](C(=O)N[C@H](C(=O)NCCNCCN)c4cc(O)cc(O)c4-c4cc3ccc4O)[C@H](O)c3ccc(c(Cl)c3)Oc3cc2cc(c3O[C@@H]2O[C@H](CO)[C@@H](O)[C@H](O)[C@H]2O[C@H]2C[C@](C)(N)[C@H](O)[C@H](C)O2)Oc2ccc(cc2Cl)[C@H]1O. The van der Waals surface area contributed by atoms with Gasteiger partial charge in [-0.3, -0.25) is 38.4 Å². The number of phenols is 3. The largest absolute Gasteiger partial charge is 0.508 e. The molecule has 12 rings (SSSR count). The molecule has 0 aromatic heterocycles. The van der Waals surface area contributed by atoms with E-state index in [-0.39, 0.29) is 82.7 Å². The normalized spacial score (nSPS) is 28.4. The van der Waals surface area contributed by atoms with Crippen molar-refractivity contribution in [3.63, 3.8) is 0 Å². The zero-order valence-electron chi connectivity index (χ0n) is 58.3. The molecule has 0 radical (unpaired) electrons. The fraction of sp³-hybridized carbons (Fsp3) is 0.457. The van der Waals surface area contributed by atoms with Crippen molar-refractivity contribution < 1.29 is 113 Å². The minimum absolute atomic E-state index is 0.0968. The maximum absolute atomic E-state index is 16.2. The summed E-state index contributed by atoms with van der Waals surface area (Å²) in [5, 5.41) is 127. The molecule has 5 aromatic rings. The molecule has 24 N–H and O–H groups in total. The number of benzene rings is 5. The maximum Gasteiger partial charge on any atom is 0.248 e. The predicted octanol–water partition coefficient (Wildman–Crippen LogP) is -1.31. The lowest BCUT2D eigenvalue weighted by Crippen LogP contribution is -2.64. The number of likely N-dealkylation sites (N-methyl/N-ethyl adjacent to an activating group) is 1. The monoisotopic (exact) mass is 1530 g/mol. The van der Waals surface area contributed by atoms with Crippen LogP contribution in [0.25, 0.3) is 11.1 Å². The number of nitrogens with two attached hydrogens (primary N) is 3. The van der Waals surface area contributed by atoms with E-state index in [1.807, 2.05) is 13.8 Å². The van der Waals surface area contributed by atoms with E-state index < -0.39 is 220 Å². The quantitative estimate of drug-likeness (QED) is 0.0453. The molecule has 2 fully saturated rings. The van der Waals surface area contributed by atoms with Crippen LogP contribution in [0.1, 0.15) is 105 Å². The first-order chi connectivity index (χ1) is 50.7. The van der Waals surface area contributed by atoms with Crippen LogP contribution in [0.4, 0.5) is 0 Å². The van der Waals surface area contributed by atoms with Gasteiger partial charge >= 0.3 is 0 Å². The molecule has 5 aromatic carbocycles. The molecule has 8 amide bonds. The summed E-state index contributed by atoms with van der Waals surface area (Å²) < 4.78 is 38.5. The van der Waals surface area contributed by atoms with E-state index in [4.69, 9.17) is 68.8 Å². The average Bonchev–Trinajstić information content (AvgIpc) is 0.781. The first kappa shape index (κ1) is 80.3. The van der Waals surface area contributed by atoms with Crippen LogP contribution in [0.15, 0.2) is 78.9 Å². The molecule has 7 heterocycles. The number of nitrogens with one attached hydrogen (secondary N) is 9. The van der Waals surface area contributed by atoms with Gasteiger partial charge in [-0.2, -0.15) is 0 Å². The number of halogens is 2. The smallest absolute Gasteiger partial charge is 0.248 e. The second-order valence-electron chi connectivity index (χ2n) is 27.2. The van der Waals surface area contributed by atoms with Crippen LogP contribution in [-0.4, -0.2) is 212 Å². The molecule has 7 aliphatic rings. The minimum Gasteiger partial charge on any atom is -0.508 e. The van der Waals surface area contributed by atoms with Gasteiger partial charge in [-0.05, 0) is 116 Å². The van der Waals surface area contributed by atoms with Crippen LogP contribution in [0.5, 0.6) is 46.0 Å². The van der Waals surface area contributed by atoms with Gasteiger partial charge in [0.25, 0.3) is 0 Å². The third-order valence-electron chi connectivity index (χ3n) is 18.7. The van der Waals surface area contributed by atoms with Crippen LogP contribution in [0.3, 0.4) is 0 Å². The van der Waals surface area contributed by atoms with Gasteiger partial charge < -0.3 is 139 Å². The Hall–Kier alpha value is -9.28. The number of aliphatic hydroxyl groups excluding tert-OH is 6. The molecule has 11 bridgehead atoms. The topological polar surface area (TPSA) is 560 Å². The molecule has 2 saturated heterocycles. The van der Waals surface area contributed by atoms with Gasteiger partial charge in [0, 0.05) is 55.3 Å². The Labute approximate surface area is 621 Å². The summed E-state index contributed by atoms with van der Waals surface area (Å²) in [6, 6.07) is 0.311. The highest BCUT2D eigenvalue weighted by Gasteiger charge is 2.52. The Bertz CT molecular complexity index is 4200. The molecule has 107 heavy (non-hydrogen) atoms. The third kappa shape index (κ3) is 18.0. The molecule has 0 aliphatic carbocycles. The fourth-order valence-corrected chi connectivity index (χ4v) is 13.6. The highest BCUT2D eigenvalue weighted by molar-refractivity contribution is 6.32. The van der Waals surface area contributed by atoms with E-state index in [9.17, 15) is 65.1 Å². The fourth-order valence-electron chi connectivity index (χ4n) is 13.1. The zero-order chi connectivity index (χ0) is 77.8. The first-order valence-corrected chi connectivity index (χ1v) is 34.9. The molecule has 7 aliphatic heterocycles. The first-order valence-electron chi connectivity index (χ1n) is 34.1. The number of hydrogen-bond acceptors (Lipinski definition) is 27. The van der Waals surface area contributed by atoms with Crippen molar-refractivity contribution in [2.75, 3.05) is 39.8 Å². The molecule has 0 unspecified atom stereocenters. The lowest BCUT2D eigenvalue weighted by molar-refractivity contribution is -0.333. The van der Waals surface area contributed by atoms with Crippen molar-refractivity contribution in [1.29, 1.82) is 0 Å². The number of phenolic OH excluding ortho intramolecular Hbond substituents is 3. The van der Waals surface area contributed by atoms with Crippen molar-refractivity contribution >= 4 is 70.5 Å². The van der Waals surface area contributed by atoms with Crippen LogP contribution >= 0.6 is 23.2 Å². The van der Waals surface area contributed by atoms with Crippen molar-refractivity contribution in [1.82, 2.24) is 47.9 Å². The Balaban J connectivity index is 1.23. The number of primary amides is 1. The van der Waals surface area contributed by atoms with Crippen molar-refractivity contribution in [2.24, 2.45) is 23.1 Å². The van der Waals surface area contributed by atoms with E-state index in [0.29, 0.717) is 6.54 Å². The summed E-state index contributed by atoms with van der Waals surface area (Å²) in [7, 11) is 1.48. The summed E-state index contributed by atoms with van der Waals surface area (Å²) in [6.07, 6.45) is -18.5. The minimum atomic E-state index is -2.34. The zero-order valence-corrected chi connectivity index (χ0v) is 59.8. The van der Waals surface area contributed by atoms with Gasteiger partial charge in [0.05, 0.1) is 41.3 Å². The van der Waals surface area contributed by atoms with Crippen molar-refractivity contribution in [2.45, 2.75) is 156 Å². The third-order valence-corrected chi connectivity index (χ3v) is 19.3. The van der Waals surface area contributed by atoms with Crippen LogP contribution in [0.2, 0.25) is 10.0 Å². The summed E-state index contributed by atoms with van der Waals surface area (Å²) in [5.74, 6) is -14.7. The number of rotatable bonds is 18. The summed E-state index contributed by atoms with van der Waals surface area (Å²) in [6.45, 7) is 6.31. The molecule has 0 spiro atoms. The van der Waals surface area contributed by atoms with E-state index in [0.717, 1.165) is 60.7 Å². The van der Waals surface area contributed by atoms with Crippen LogP contribution in [-0.2, 0) is 52.6 Å².